The lowest BCUT2D eigenvalue weighted by Gasteiger charge is -2.06. The molecule has 3 rings (SSSR count). The highest BCUT2D eigenvalue weighted by Crippen LogP contribution is 2.38. The maximum absolute atomic E-state index is 14.1. The third-order valence-corrected chi connectivity index (χ3v) is 5.30. The summed E-state index contributed by atoms with van der Waals surface area (Å²) in [6.07, 6.45) is 2.01. The molecule has 1 nitrogen and oxygen atoms in total. The van der Waals surface area contributed by atoms with Gasteiger partial charge in [0.15, 0.2) is 0 Å². The van der Waals surface area contributed by atoms with E-state index in [-0.39, 0.29) is 5.82 Å². The summed E-state index contributed by atoms with van der Waals surface area (Å²) in [5, 5.41) is 1.00. The molecule has 0 aliphatic rings. The van der Waals surface area contributed by atoms with Gasteiger partial charge in [0.05, 0.1) is 5.52 Å². The molecule has 1 heterocycles. The molecule has 0 bridgehead atoms. The zero-order valence-electron chi connectivity index (χ0n) is 12.1. The predicted octanol–water partition coefficient (Wildman–Crippen LogP) is 5.85. The van der Waals surface area contributed by atoms with Gasteiger partial charge < -0.3 is 4.57 Å². The first-order chi connectivity index (χ1) is 9.97. The van der Waals surface area contributed by atoms with E-state index in [1.165, 1.54) is 16.5 Å². The second-order valence-electron chi connectivity index (χ2n) is 5.20. The summed E-state index contributed by atoms with van der Waals surface area (Å²) in [4.78, 5) is 2.28. The number of hydrogen-bond acceptors (Lipinski definition) is 1. The van der Waals surface area contributed by atoms with Gasteiger partial charge in [-0.25, -0.2) is 4.39 Å². The minimum absolute atomic E-state index is 0.169. The molecule has 1 aromatic heterocycles. The first kappa shape index (κ1) is 14.7. The van der Waals surface area contributed by atoms with Gasteiger partial charge in [0.1, 0.15) is 5.82 Å². The molecule has 0 fully saturated rings. The molecule has 0 spiro atoms. The highest BCUT2D eigenvalue weighted by atomic mass is 79.9. The Morgan fingerprint density at radius 3 is 2.52 bits per heavy atom. The Morgan fingerprint density at radius 1 is 1.05 bits per heavy atom. The minimum atomic E-state index is -0.169. The van der Waals surface area contributed by atoms with E-state index in [1.807, 2.05) is 36.9 Å². The second-order valence-corrected chi connectivity index (χ2v) is 7.20. The molecular formula is C17H15BrFNS. The van der Waals surface area contributed by atoms with Crippen molar-refractivity contribution in [3.8, 4) is 0 Å². The summed E-state index contributed by atoms with van der Waals surface area (Å²) in [6, 6.07) is 9.61. The van der Waals surface area contributed by atoms with E-state index in [1.54, 1.807) is 11.8 Å². The smallest absolute Gasteiger partial charge is 0.147 e. The number of aryl methyl sites for hydroxylation is 3. The Balaban J connectivity index is 2.15. The summed E-state index contributed by atoms with van der Waals surface area (Å²) in [7, 11) is 1.89. The molecule has 3 aromatic rings. The van der Waals surface area contributed by atoms with Gasteiger partial charge >= 0.3 is 0 Å². The van der Waals surface area contributed by atoms with Crippen LogP contribution >= 0.6 is 27.7 Å². The molecular weight excluding hydrogens is 349 g/mol. The maximum atomic E-state index is 14.1. The normalized spacial score (nSPS) is 11.3. The Bertz CT molecular complexity index is 838. The summed E-state index contributed by atoms with van der Waals surface area (Å²) in [6.45, 7) is 4.12. The van der Waals surface area contributed by atoms with Gasteiger partial charge in [-0.15, -0.1) is 0 Å². The molecule has 0 saturated carbocycles. The molecule has 0 radical (unpaired) electrons. The van der Waals surface area contributed by atoms with Gasteiger partial charge in [0, 0.05) is 32.9 Å². The molecule has 4 heteroatoms. The standard InChI is InChI=1S/C17H15BrFNS/c1-10-4-6-13(19)17-16(10)15(9-20(17)3)21-14-7-5-12(18)8-11(14)2/h4-9H,1-3H3. The molecule has 108 valence electrons. The molecule has 0 atom stereocenters. The van der Waals surface area contributed by atoms with Gasteiger partial charge in [0.25, 0.3) is 0 Å². The van der Waals surface area contributed by atoms with E-state index in [2.05, 4.69) is 35.0 Å². The van der Waals surface area contributed by atoms with Crippen LogP contribution in [0.2, 0.25) is 0 Å². The predicted molar refractivity (Wildman–Crippen MR) is 90.6 cm³/mol. The lowest BCUT2D eigenvalue weighted by molar-refractivity contribution is 0.631. The van der Waals surface area contributed by atoms with Gasteiger partial charge in [-0.05, 0) is 49.2 Å². The van der Waals surface area contributed by atoms with Crippen LogP contribution in [0.3, 0.4) is 0 Å². The van der Waals surface area contributed by atoms with Crippen LogP contribution in [-0.2, 0) is 7.05 Å². The quantitative estimate of drug-likeness (QED) is 0.552. The maximum Gasteiger partial charge on any atom is 0.147 e. The number of fused-ring (bicyclic) bond motifs is 1. The molecule has 2 aromatic carbocycles. The second kappa shape index (κ2) is 5.50. The van der Waals surface area contributed by atoms with Crippen LogP contribution in [0.5, 0.6) is 0 Å². The van der Waals surface area contributed by atoms with Crippen molar-refractivity contribution in [1.82, 2.24) is 4.57 Å². The lowest BCUT2D eigenvalue weighted by atomic mass is 10.1. The van der Waals surface area contributed by atoms with Crippen LogP contribution in [0.25, 0.3) is 10.9 Å². The van der Waals surface area contributed by atoms with Crippen LogP contribution in [0.4, 0.5) is 4.39 Å². The highest BCUT2D eigenvalue weighted by Gasteiger charge is 2.14. The molecule has 0 aliphatic heterocycles. The van der Waals surface area contributed by atoms with Crippen molar-refractivity contribution in [3.05, 3.63) is 57.9 Å². The van der Waals surface area contributed by atoms with E-state index in [0.29, 0.717) is 5.52 Å². The topological polar surface area (TPSA) is 4.93 Å². The molecule has 0 saturated heterocycles. The minimum Gasteiger partial charge on any atom is -0.347 e. The SMILES string of the molecule is Cc1cc(Br)ccc1Sc1cn(C)c2c(F)ccc(C)c12. The van der Waals surface area contributed by atoms with Crippen LogP contribution in [-0.4, -0.2) is 4.57 Å². The van der Waals surface area contributed by atoms with Crippen LogP contribution in [0.1, 0.15) is 11.1 Å². The van der Waals surface area contributed by atoms with Crippen molar-refractivity contribution in [2.75, 3.05) is 0 Å². The average molecular weight is 364 g/mol. The Kier molecular flexibility index (Phi) is 3.84. The van der Waals surface area contributed by atoms with Crippen molar-refractivity contribution in [3.63, 3.8) is 0 Å². The number of benzene rings is 2. The van der Waals surface area contributed by atoms with Crippen LogP contribution < -0.4 is 0 Å². The zero-order chi connectivity index (χ0) is 15.1. The molecule has 0 amide bonds. The molecule has 0 aliphatic carbocycles. The molecule has 0 N–H and O–H groups in total. The number of halogens is 2. The van der Waals surface area contributed by atoms with Crippen molar-refractivity contribution < 1.29 is 4.39 Å². The number of rotatable bonds is 2. The largest absolute Gasteiger partial charge is 0.347 e. The number of aromatic nitrogens is 1. The Labute approximate surface area is 136 Å². The molecule has 0 unspecified atom stereocenters. The first-order valence-electron chi connectivity index (χ1n) is 6.65. The fraction of sp³-hybridized carbons (Fsp3) is 0.176. The van der Waals surface area contributed by atoms with Gasteiger partial charge in [0.2, 0.25) is 0 Å². The van der Waals surface area contributed by atoms with E-state index in [9.17, 15) is 4.39 Å². The summed E-state index contributed by atoms with van der Waals surface area (Å²) >= 11 is 5.17. The third kappa shape index (κ3) is 2.62. The van der Waals surface area contributed by atoms with E-state index < -0.39 is 0 Å². The number of nitrogens with zero attached hydrogens (tertiary/aromatic N) is 1. The Morgan fingerprint density at radius 2 is 1.81 bits per heavy atom. The summed E-state index contributed by atoms with van der Waals surface area (Å²) in [5.74, 6) is -0.169. The van der Waals surface area contributed by atoms with Crippen LogP contribution in [0, 0.1) is 19.7 Å². The van der Waals surface area contributed by atoms with Crippen molar-refractivity contribution >= 4 is 38.6 Å². The van der Waals surface area contributed by atoms with E-state index >= 15 is 0 Å². The number of hydrogen-bond donors (Lipinski definition) is 0. The van der Waals surface area contributed by atoms with Crippen LogP contribution in [0.15, 0.2) is 50.8 Å². The first-order valence-corrected chi connectivity index (χ1v) is 8.26. The highest BCUT2D eigenvalue weighted by molar-refractivity contribution is 9.10. The van der Waals surface area contributed by atoms with Crippen molar-refractivity contribution in [2.24, 2.45) is 7.05 Å². The van der Waals surface area contributed by atoms with E-state index in [4.69, 9.17) is 0 Å². The lowest BCUT2D eigenvalue weighted by Crippen LogP contribution is -1.88. The van der Waals surface area contributed by atoms with E-state index in [0.717, 1.165) is 20.3 Å². The fourth-order valence-corrected chi connectivity index (χ4v) is 4.19. The van der Waals surface area contributed by atoms with Gasteiger partial charge in [-0.2, -0.15) is 0 Å². The monoisotopic (exact) mass is 363 g/mol. The zero-order valence-corrected chi connectivity index (χ0v) is 14.5. The van der Waals surface area contributed by atoms with Crippen molar-refractivity contribution in [2.45, 2.75) is 23.6 Å². The fourth-order valence-electron chi connectivity index (χ4n) is 2.55. The molecule has 21 heavy (non-hydrogen) atoms. The third-order valence-electron chi connectivity index (χ3n) is 3.60. The summed E-state index contributed by atoms with van der Waals surface area (Å²) in [5.41, 5.74) is 2.98. The van der Waals surface area contributed by atoms with Gasteiger partial charge in [-0.1, -0.05) is 33.8 Å². The van der Waals surface area contributed by atoms with Gasteiger partial charge in [-0.3, -0.25) is 0 Å². The average Bonchev–Trinajstić information content (AvgIpc) is 2.75. The summed E-state index contributed by atoms with van der Waals surface area (Å²) < 4.78 is 17.0. The Hall–Kier alpha value is -1.26. The van der Waals surface area contributed by atoms with Crippen molar-refractivity contribution in [1.29, 1.82) is 0 Å².